The lowest BCUT2D eigenvalue weighted by atomic mass is 9.94. The maximum absolute atomic E-state index is 13.3. The summed E-state index contributed by atoms with van der Waals surface area (Å²) in [5.74, 6) is 0.132. The van der Waals surface area contributed by atoms with Gasteiger partial charge in [-0.1, -0.05) is 23.7 Å². The van der Waals surface area contributed by atoms with E-state index in [0.29, 0.717) is 35.8 Å². The van der Waals surface area contributed by atoms with E-state index >= 15 is 0 Å². The molecular weight excluding hydrogens is 353 g/mol. The average Bonchev–Trinajstić information content (AvgIpc) is 2.96. The minimum Gasteiger partial charge on any atom is -0.335 e. The summed E-state index contributed by atoms with van der Waals surface area (Å²) >= 11 is 6.21. The lowest BCUT2D eigenvalue weighted by Gasteiger charge is -2.36. The van der Waals surface area contributed by atoms with Gasteiger partial charge in [-0.05, 0) is 48.6 Å². The highest BCUT2D eigenvalue weighted by Crippen LogP contribution is 2.31. The van der Waals surface area contributed by atoms with Crippen molar-refractivity contribution in [3.8, 4) is 0 Å². The van der Waals surface area contributed by atoms with Crippen molar-refractivity contribution < 1.29 is 9.18 Å². The van der Waals surface area contributed by atoms with Crippen LogP contribution in [0.4, 0.5) is 4.39 Å². The molecule has 2 aromatic rings. The fourth-order valence-corrected chi connectivity index (χ4v) is 4.29. The molecule has 3 fully saturated rings. The van der Waals surface area contributed by atoms with Gasteiger partial charge in [0.1, 0.15) is 11.5 Å². The number of carbonyl (C=O) groups is 1. The van der Waals surface area contributed by atoms with Crippen LogP contribution in [0.25, 0.3) is 0 Å². The summed E-state index contributed by atoms with van der Waals surface area (Å²) in [5, 5.41) is 0.464. The van der Waals surface area contributed by atoms with Gasteiger partial charge >= 0.3 is 0 Å². The Hall–Kier alpha value is -1.98. The van der Waals surface area contributed by atoms with E-state index in [2.05, 4.69) is 9.88 Å². The number of piperidine rings is 1. The third-order valence-electron chi connectivity index (χ3n) is 5.39. The van der Waals surface area contributed by atoms with Gasteiger partial charge in [-0.2, -0.15) is 0 Å². The highest BCUT2D eigenvalue weighted by atomic mass is 35.5. The average molecular weight is 374 g/mol. The molecule has 0 saturated carbocycles. The molecule has 1 amide bonds. The van der Waals surface area contributed by atoms with Crippen LogP contribution in [0.15, 0.2) is 42.6 Å². The SMILES string of the molecule is O=C(c1ccccn1)N1C[C@@H]2CC[C@H](C1)N(Cc1ccc(F)cc1Cl)C2. The first-order chi connectivity index (χ1) is 12.6. The molecule has 3 saturated heterocycles. The normalized spacial score (nSPS) is 23.1. The van der Waals surface area contributed by atoms with Crippen molar-refractivity contribution in [3.05, 3.63) is 64.7 Å². The zero-order valence-corrected chi connectivity index (χ0v) is 15.2. The highest BCUT2D eigenvalue weighted by Gasteiger charge is 2.37. The molecule has 3 aliphatic rings. The minimum absolute atomic E-state index is 0.00386. The molecule has 1 aromatic carbocycles. The number of aromatic nitrogens is 1. The van der Waals surface area contributed by atoms with Crippen molar-refractivity contribution in [2.24, 2.45) is 5.92 Å². The van der Waals surface area contributed by atoms with Crippen molar-refractivity contribution >= 4 is 17.5 Å². The summed E-state index contributed by atoms with van der Waals surface area (Å²) in [6, 6.07) is 10.3. The first kappa shape index (κ1) is 17.4. The number of hydrogen-bond donors (Lipinski definition) is 0. The van der Waals surface area contributed by atoms with Crippen LogP contribution < -0.4 is 0 Å². The predicted octanol–water partition coefficient (Wildman–Crippen LogP) is 3.61. The third kappa shape index (κ3) is 3.60. The smallest absolute Gasteiger partial charge is 0.272 e. The number of amides is 1. The van der Waals surface area contributed by atoms with Crippen molar-refractivity contribution in [2.75, 3.05) is 19.6 Å². The fourth-order valence-electron chi connectivity index (χ4n) is 4.06. The number of rotatable bonds is 3. The van der Waals surface area contributed by atoms with Crippen molar-refractivity contribution in [1.29, 1.82) is 0 Å². The standard InChI is InChI=1S/C20H21ClFN3O/c21-18-9-16(22)6-5-15(18)12-24-10-14-4-7-17(24)13-25(11-14)20(26)19-3-1-2-8-23-19/h1-3,5-6,8-9,14,17H,4,7,10-13H2/t14-,17-/m1/s1. The quantitative estimate of drug-likeness (QED) is 0.824. The summed E-state index contributed by atoms with van der Waals surface area (Å²) in [4.78, 5) is 21.3. The highest BCUT2D eigenvalue weighted by molar-refractivity contribution is 6.31. The van der Waals surface area contributed by atoms with Gasteiger partial charge in [0.05, 0.1) is 0 Å². The van der Waals surface area contributed by atoms with Crippen LogP contribution >= 0.6 is 11.6 Å². The molecule has 0 aliphatic carbocycles. The van der Waals surface area contributed by atoms with Gasteiger partial charge in [0.15, 0.2) is 0 Å². The second-order valence-electron chi connectivity index (χ2n) is 7.19. The summed E-state index contributed by atoms with van der Waals surface area (Å²) in [6.07, 6.45) is 3.85. The van der Waals surface area contributed by atoms with Crippen LogP contribution in [0, 0.1) is 11.7 Å². The van der Waals surface area contributed by atoms with E-state index in [9.17, 15) is 9.18 Å². The number of benzene rings is 1. The molecule has 6 heteroatoms. The van der Waals surface area contributed by atoms with Crippen molar-refractivity contribution in [2.45, 2.75) is 25.4 Å². The van der Waals surface area contributed by atoms with E-state index in [-0.39, 0.29) is 11.7 Å². The number of halogens is 2. The number of hydrogen-bond acceptors (Lipinski definition) is 3. The summed E-state index contributed by atoms with van der Waals surface area (Å²) in [6.45, 7) is 3.08. The topological polar surface area (TPSA) is 36.4 Å². The van der Waals surface area contributed by atoms with E-state index in [4.69, 9.17) is 11.6 Å². The van der Waals surface area contributed by atoms with Crippen molar-refractivity contribution in [1.82, 2.24) is 14.8 Å². The molecular formula is C20H21ClFN3O. The maximum atomic E-state index is 13.3. The molecule has 26 heavy (non-hydrogen) atoms. The Morgan fingerprint density at radius 1 is 1.19 bits per heavy atom. The molecule has 2 atom stereocenters. The predicted molar refractivity (Wildman–Crippen MR) is 98.5 cm³/mol. The Morgan fingerprint density at radius 2 is 2.08 bits per heavy atom. The van der Waals surface area contributed by atoms with Crippen LogP contribution in [-0.4, -0.2) is 46.4 Å². The third-order valence-corrected chi connectivity index (χ3v) is 5.74. The summed E-state index contributed by atoms with van der Waals surface area (Å²) in [7, 11) is 0. The Balaban J connectivity index is 1.50. The second-order valence-corrected chi connectivity index (χ2v) is 7.59. The first-order valence-electron chi connectivity index (χ1n) is 8.98. The monoisotopic (exact) mass is 373 g/mol. The fraction of sp³-hybridized carbons (Fsp3) is 0.400. The van der Waals surface area contributed by atoms with E-state index < -0.39 is 0 Å². The van der Waals surface area contributed by atoms with Crippen LogP contribution in [-0.2, 0) is 6.54 Å². The molecule has 0 radical (unpaired) electrons. The number of fused-ring (bicyclic) bond motifs is 4. The first-order valence-corrected chi connectivity index (χ1v) is 9.36. The van der Waals surface area contributed by atoms with E-state index in [1.54, 1.807) is 18.3 Å². The zero-order chi connectivity index (χ0) is 18.1. The van der Waals surface area contributed by atoms with Crippen molar-refractivity contribution in [3.63, 3.8) is 0 Å². The molecule has 1 aromatic heterocycles. The molecule has 4 heterocycles. The Morgan fingerprint density at radius 3 is 2.85 bits per heavy atom. The summed E-state index contributed by atoms with van der Waals surface area (Å²) < 4.78 is 13.3. The van der Waals surface area contributed by atoms with E-state index in [0.717, 1.165) is 31.5 Å². The second kappa shape index (κ2) is 7.33. The molecule has 0 unspecified atom stereocenters. The molecule has 0 N–H and O–H groups in total. The molecule has 2 bridgehead atoms. The summed E-state index contributed by atoms with van der Waals surface area (Å²) in [5.41, 5.74) is 1.44. The van der Waals surface area contributed by atoms with E-state index in [1.807, 2.05) is 17.0 Å². The van der Waals surface area contributed by atoms with Gasteiger partial charge in [0, 0.05) is 43.4 Å². The van der Waals surface area contributed by atoms with Gasteiger partial charge in [-0.25, -0.2) is 4.39 Å². The lowest BCUT2D eigenvalue weighted by molar-refractivity contribution is 0.0730. The van der Waals surface area contributed by atoms with Crippen LogP contribution in [0.1, 0.15) is 28.9 Å². The van der Waals surface area contributed by atoms with Gasteiger partial charge < -0.3 is 4.90 Å². The molecule has 0 spiro atoms. The van der Waals surface area contributed by atoms with Gasteiger partial charge in [-0.15, -0.1) is 0 Å². The van der Waals surface area contributed by atoms with Gasteiger partial charge in [0.25, 0.3) is 5.91 Å². The Labute approximate surface area is 157 Å². The molecule has 136 valence electrons. The number of carbonyl (C=O) groups excluding carboxylic acids is 1. The Bertz CT molecular complexity index is 801. The zero-order valence-electron chi connectivity index (χ0n) is 14.4. The largest absolute Gasteiger partial charge is 0.335 e. The molecule has 5 rings (SSSR count). The molecule has 4 nitrogen and oxygen atoms in total. The minimum atomic E-state index is -0.316. The van der Waals surface area contributed by atoms with E-state index in [1.165, 1.54) is 12.1 Å². The molecule has 3 aliphatic heterocycles. The van der Waals surface area contributed by atoms with Crippen LogP contribution in [0.5, 0.6) is 0 Å². The van der Waals surface area contributed by atoms with Crippen LogP contribution in [0.3, 0.4) is 0 Å². The number of nitrogens with zero attached hydrogens (tertiary/aromatic N) is 3. The lowest BCUT2D eigenvalue weighted by Crippen LogP contribution is -2.44. The van der Waals surface area contributed by atoms with Crippen LogP contribution in [0.2, 0.25) is 5.02 Å². The maximum Gasteiger partial charge on any atom is 0.272 e. The number of pyridine rings is 1. The van der Waals surface area contributed by atoms with Gasteiger partial charge in [0.2, 0.25) is 0 Å². The Kier molecular flexibility index (Phi) is 4.92. The van der Waals surface area contributed by atoms with Gasteiger partial charge in [-0.3, -0.25) is 14.7 Å².